The highest BCUT2D eigenvalue weighted by atomic mass is 35.5. The van der Waals surface area contributed by atoms with Gasteiger partial charge in [-0.25, -0.2) is 4.79 Å². The van der Waals surface area contributed by atoms with Crippen LogP contribution in [0.5, 0.6) is 0 Å². The fourth-order valence-electron chi connectivity index (χ4n) is 2.01. The molecule has 0 saturated carbocycles. The van der Waals surface area contributed by atoms with Gasteiger partial charge in [-0.05, 0) is 18.2 Å². The van der Waals surface area contributed by atoms with E-state index in [0.717, 1.165) is 4.90 Å². The van der Waals surface area contributed by atoms with E-state index >= 15 is 0 Å². The van der Waals surface area contributed by atoms with Crippen LogP contribution in [0, 0.1) is 11.8 Å². The van der Waals surface area contributed by atoms with Crippen LogP contribution in [0.15, 0.2) is 18.2 Å². The summed E-state index contributed by atoms with van der Waals surface area (Å²) in [6.45, 7) is 3.39. The number of carbonyl (C=O) groups excluding carboxylic acids is 2. The van der Waals surface area contributed by atoms with Gasteiger partial charge in [-0.15, -0.1) is 0 Å². The van der Waals surface area contributed by atoms with Crippen molar-refractivity contribution in [2.75, 3.05) is 4.90 Å². The molecule has 0 aliphatic carbocycles. The van der Waals surface area contributed by atoms with Crippen molar-refractivity contribution in [2.45, 2.75) is 13.8 Å². The molecule has 1 aromatic rings. The van der Waals surface area contributed by atoms with Crippen molar-refractivity contribution >= 4 is 35.1 Å². The second-order valence-electron chi connectivity index (χ2n) is 4.56. The van der Waals surface area contributed by atoms with Gasteiger partial charge in [0.15, 0.2) is 0 Å². The fourth-order valence-corrected chi connectivity index (χ4v) is 2.27. The monoisotopic (exact) mass is 281 g/mol. The van der Waals surface area contributed by atoms with E-state index in [1.807, 2.05) is 0 Å². The van der Waals surface area contributed by atoms with Crippen molar-refractivity contribution in [1.29, 1.82) is 0 Å². The Morgan fingerprint density at radius 1 is 1.21 bits per heavy atom. The predicted molar refractivity (Wildman–Crippen MR) is 69.2 cm³/mol. The first-order valence-corrected chi connectivity index (χ1v) is 6.13. The van der Waals surface area contributed by atoms with E-state index in [9.17, 15) is 14.4 Å². The highest BCUT2D eigenvalue weighted by Gasteiger charge is 2.43. The number of anilines is 1. The zero-order chi connectivity index (χ0) is 14.3. The van der Waals surface area contributed by atoms with Gasteiger partial charge >= 0.3 is 5.97 Å². The van der Waals surface area contributed by atoms with Gasteiger partial charge in [-0.1, -0.05) is 25.4 Å². The number of rotatable bonds is 2. The lowest BCUT2D eigenvalue weighted by molar-refractivity contribution is -0.122. The summed E-state index contributed by atoms with van der Waals surface area (Å²) < 4.78 is 0. The topological polar surface area (TPSA) is 74.7 Å². The molecule has 2 amide bonds. The van der Waals surface area contributed by atoms with Crippen LogP contribution in [0.2, 0.25) is 5.02 Å². The summed E-state index contributed by atoms with van der Waals surface area (Å²) in [5.41, 5.74) is 0.242. The third-order valence-corrected chi connectivity index (χ3v) is 3.72. The molecular formula is C13H12ClNO4. The van der Waals surface area contributed by atoms with Crippen LogP contribution in [-0.4, -0.2) is 22.9 Å². The normalized spacial score (nSPS) is 23.0. The maximum Gasteiger partial charge on any atom is 0.337 e. The average molecular weight is 282 g/mol. The van der Waals surface area contributed by atoms with Crippen LogP contribution >= 0.6 is 11.6 Å². The molecule has 1 aliphatic rings. The lowest BCUT2D eigenvalue weighted by Gasteiger charge is -2.15. The molecule has 0 radical (unpaired) electrons. The smallest absolute Gasteiger partial charge is 0.337 e. The molecule has 6 heteroatoms. The maximum absolute atomic E-state index is 12.0. The van der Waals surface area contributed by atoms with E-state index in [-0.39, 0.29) is 34.2 Å². The van der Waals surface area contributed by atoms with Crippen molar-refractivity contribution in [3.05, 3.63) is 28.8 Å². The van der Waals surface area contributed by atoms with Gasteiger partial charge in [0.2, 0.25) is 11.8 Å². The number of carboxylic acids is 1. The summed E-state index contributed by atoms with van der Waals surface area (Å²) in [5.74, 6) is -2.51. The molecular weight excluding hydrogens is 270 g/mol. The number of carbonyl (C=O) groups is 3. The van der Waals surface area contributed by atoms with E-state index in [4.69, 9.17) is 16.7 Å². The quantitative estimate of drug-likeness (QED) is 0.843. The van der Waals surface area contributed by atoms with Crippen molar-refractivity contribution in [2.24, 2.45) is 11.8 Å². The number of hydrogen-bond acceptors (Lipinski definition) is 3. The van der Waals surface area contributed by atoms with Crippen LogP contribution in [0.1, 0.15) is 24.2 Å². The van der Waals surface area contributed by atoms with E-state index in [1.54, 1.807) is 13.8 Å². The number of imide groups is 1. The van der Waals surface area contributed by atoms with E-state index in [1.165, 1.54) is 18.2 Å². The predicted octanol–water partition coefficient (Wildman–Crippen LogP) is 2.18. The first-order chi connectivity index (χ1) is 8.84. The summed E-state index contributed by atoms with van der Waals surface area (Å²) in [6.07, 6.45) is 0. The number of carboxylic acid groups (broad SMARTS) is 1. The second-order valence-corrected chi connectivity index (χ2v) is 4.97. The SMILES string of the molecule is CC1C(=O)N(c2ccc(C(=O)O)c(Cl)c2)C(=O)C1C. The molecule has 1 fully saturated rings. The lowest BCUT2D eigenvalue weighted by Crippen LogP contribution is -2.30. The van der Waals surface area contributed by atoms with Gasteiger partial charge in [0.1, 0.15) is 0 Å². The van der Waals surface area contributed by atoms with Crippen LogP contribution in [0.25, 0.3) is 0 Å². The Bertz CT molecular complexity index is 564. The van der Waals surface area contributed by atoms with E-state index in [2.05, 4.69) is 0 Å². The molecule has 1 saturated heterocycles. The van der Waals surface area contributed by atoms with Crippen molar-refractivity contribution in [3.63, 3.8) is 0 Å². The molecule has 19 heavy (non-hydrogen) atoms. The molecule has 1 aromatic carbocycles. The number of amides is 2. The molecule has 2 atom stereocenters. The number of aromatic carboxylic acids is 1. The van der Waals surface area contributed by atoms with E-state index < -0.39 is 5.97 Å². The Morgan fingerprint density at radius 2 is 1.74 bits per heavy atom. The lowest BCUT2D eigenvalue weighted by atomic mass is 10.00. The Balaban J connectivity index is 2.43. The Hall–Kier alpha value is -1.88. The minimum atomic E-state index is -1.16. The third-order valence-electron chi connectivity index (χ3n) is 3.41. The first-order valence-electron chi connectivity index (χ1n) is 5.75. The van der Waals surface area contributed by atoms with Gasteiger partial charge in [-0.2, -0.15) is 0 Å². The molecule has 0 aromatic heterocycles. The minimum absolute atomic E-state index is 0.00203. The fraction of sp³-hybridized carbons (Fsp3) is 0.308. The molecule has 1 heterocycles. The van der Waals surface area contributed by atoms with Gasteiger partial charge in [0.05, 0.1) is 16.3 Å². The zero-order valence-electron chi connectivity index (χ0n) is 10.4. The molecule has 2 unspecified atom stereocenters. The Morgan fingerprint density at radius 3 is 2.16 bits per heavy atom. The summed E-state index contributed by atoms with van der Waals surface area (Å²) in [4.78, 5) is 35.9. The summed E-state index contributed by atoms with van der Waals surface area (Å²) >= 11 is 5.84. The van der Waals surface area contributed by atoms with Crippen LogP contribution in [0.4, 0.5) is 5.69 Å². The van der Waals surface area contributed by atoms with Gasteiger partial charge < -0.3 is 5.11 Å². The van der Waals surface area contributed by atoms with Gasteiger partial charge in [-0.3, -0.25) is 14.5 Å². The van der Waals surface area contributed by atoms with Gasteiger partial charge in [0, 0.05) is 11.8 Å². The van der Waals surface area contributed by atoms with Crippen LogP contribution in [-0.2, 0) is 9.59 Å². The second kappa shape index (κ2) is 4.66. The van der Waals surface area contributed by atoms with Crippen molar-refractivity contribution in [3.8, 4) is 0 Å². The molecule has 1 N–H and O–H groups in total. The minimum Gasteiger partial charge on any atom is -0.478 e. The molecule has 0 bridgehead atoms. The standard InChI is InChI=1S/C13H12ClNO4/c1-6-7(2)12(17)15(11(6)16)8-3-4-9(13(18)19)10(14)5-8/h3-7H,1-2H3,(H,18,19). The average Bonchev–Trinajstić information content (AvgIpc) is 2.53. The maximum atomic E-state index is 12.0. The summed E-state index contributed by atoms with van der Waals surface area (Å²) in [6, 6.07) is 4.02. The number of benzene rings is 1. The third kappa shape index (κ3) is 2.10. The summed E-state index contributed by atoms with van der Waals surface area (Å²) in [7, 11) is 0. The molecule has 2 rings (SSSR count). The first kappa shape index (κ1) is 13.5. The van der Waals surface area contributed by atoms with Crippen LogP contribution in [0.3, 0.4) is 0 Å². The zero-order valence-corrected chi connectivity index (χ0v) is 11.1. The summed E-state index contributed by atoms with van der Waals surface area (Å²) in [5, 5.41) is 8.88. The largest absolute Gasteiger partial charge is 0.478 e. The van der Waals surface area contributed by atoms with Gasteiger partial charge in [0.25, 0.3) is 0 Å². The number of hydrogen-bond donors (Lipinski definition) is 1. The van der Waals surface area contributed by atoms with Crippen molar-refractivity contribution < 1.29 is 19.5 Å². The highest BCUT2D eigenvalue weighted by molar-refractivity contribution is 6.34. The van der Waals surface area contributed by atoms with Crippen LogP contribution < -0.4 is 4.90 Å². The molecule has 1 aliphatic heterocycles. The van der Waals surface area contributed by atoms with Crippen molar-refractivity contribution in [1.82, 2.24) is 0 Å². The number of nitrogens with zero attached hydrogens (tertiary/aromatic N) is 1. The number of halogens is 1. The molecule has 100 valence electrons. The van der Waals surface area contributed by atoms with E-state index in [0.29, 0.717) is 5.69 Å². The highest BCUT2D eigenvalue weighted by Crippen LogP contribution is 2.32. The Labute approximate surface area is 114 Å². The molecule has 0 spiro atoms. The Kier molecular flexibility index (Phi) is 3.32. The molecule has 5 nitrogen and oxygen atoms in total.